The molecule has 0 aliphatic carbocycles. The number of likely N-dealkylation sites (N-methyl/N-ethyl adjacent to an activating group) is 1. The Balaban J connectivity index is 2.77. The van der Waals surface area contributed by atoms with Crippen LogP contribution in [0.3, 0.4) is 0 Å². The van der Waals surface area contributed by atoms with Crippen LogP contribution in [0.2, 0.25) is 0 Å². The fourth-order valence-corrected chi connectivity index (χ4v) is 0.986. The summed E-state index contributed by atoms with van der Waals surface area (Å²) in [5.41, 5.74) is 5.55. The van der Waals surface area contributed by atoms with E-state index in [-0.39, 0.29) is 19.0 Å². The van der Waals surface area contributed by atoms with Gasteiger partial charge in [0.15, 0.2) is 0 Å². The number of nitrogens with two attached hydrogens (primary N) is 1. The zero-order valence-corrected chi connectivity index (χ0v) is 7.64. The first-order valence-corrected chi connectivity index (χ1v) is 3.89. The zero-order chi connectivity index (χ0) is 10.7. The Hall–Kier alpha value is -1.92. The van der Waals surface area contributed by atoms with E-state index in [9.17, 15) is 14.9 Å². The number of aliphatic imine (C=N–C) groups is 1. The SMILES string of the molecule is CN1CC(/C=C(\N)[N+](=O)[O-])=NCC1=O. The molecule has 76 valence electrons. The highest BCUT2D eigenvalue weighted by Crippen LogP contribution is 1.99. The van der Waals surface area contributed by atoms with Crippen LogP contribution in [0.15, 0.2) is 16.9 Å². The summed E-state index contributed by atoms with van der Waals surface area (Å²) < 4.78 is 0. The summed E-state index contributed by atoms with van der Waals surface area (Å²) in [6, 6.07) is 0. The average molecular weight is 198 g/mol. The van der Waals surface area contributed by atoms with Gasteiger partial charge in [0, 0.05) is 7.05 Å². The fraction of sp³-hybridized carbons (Fsp3) is 0.429. The van der Waals surface area contributed by atoms with Crippen LogP contribution in [0.25, 0.3) is 0 Å². The van der Waals surface area contributed by atoms with E-state index in [0.29, 0.717) is 5.71 Å². The van der Waals surface area contributed by atoms with Crippen LogP contribution in [0, 0.1) is 10.1 Å². The van der Waals surface area contributed by atoms with Gasteiger partial charge in [-0.25, -0.2) is 0 Å². The summed E-state index contributed by atoms with van der Waals surface area (Å²) in [6.07, 6.45) is 1.17. The van der Waals surface area contributed by atoms with E-state index in [1.54, 1.807) is 7.05 Å². The molecule has 14 heavy (non-hydrogen) atoms. The molecule has 0 saturated carbocycles. The lowest BCUT2D eigenvalue weighted by molar-refractivity contribution is -0.426. The van der Waals surface area contributed by atoms with Gasteiger partial charge in [-0.1, -0.05) is 0 Å². The number of hydrogen-bond acceptors (Lipinski definition) is 5. The van der Waals surface area contributed by atoms with Crippen LogP contribution in [-0.4, -0.2) is 41.6 Å². The fourth-order valence-electron chi connectivity index (χ4n) is 0.986. The van der Waals surface area contributed by atoms with Crippen LogP contribution in [0.4, 0.5) is 0 Å². The minimum Gasteiger partial charge on any atom is -0.358 e. The molecular formula is C7H10N4O3. The van der Waals surface area contributed by atoms with Gasteiger partial charge in [-0.2, -0.15) is 0 Å². The molecule has 0 saturated heterocycles. The monoisotopic (exact) mass is 198 g/mol. The molecule has 0 radical (unpaired) electrons. The van der Waals surface area contributed by atoms with Gasteiger partial charge in [0.1, 0.15) is 6.54 Å². The van der Waals surface area contributed by atoms with Crippen LogP contribution in [0.5, 0.6) is 0 Å². The second-order valence-corrected chi connectivity index (χ2v) is 2.88. The van der Waals surface area contributed by atoms with Gasteiger partial charge in [0.05, 0.1) is 18.3 Å². The van der Waals surface area contributed by atoms with Gasteiger partial charge in [0.25, 0.3) is 0 Å². The smallest absolute Gasteiger partial charge is 0.315 e. The Kier molecular flexibility index (Phi) is 2.80. The minimum absolute atomic E-state index is 0.0212. The van der Waals surface area contributed by atoms with Crippen molar-refractivity contribution >= 4 is 11.6 Å². The largest absolute Gasteiger partial charge is 0.358 e. The third-order valence-electron chi connectivity index (χ3n) is 1.77. The third kappa shape index (κ3) is 2.28. The Morgan fingerprint density at radius 3 is 2.93 bits per heavy atom. The average Bonchev–Trinajstić information content (AvgIpc) is 2.11. The zero-order valence-electron chi connectivity index (χ0n) is 7.64. The van der Waals surface area contributed by atoms with Gasteiger partial charge < -0.3 is 15.0 Å². The van der Waals surface area contributed by atoms with Crippen LogP contribution in [0.1, 0.15) is 0 Å². The maximum absolute atomic E-state index is 11.0. The van der Waals surface area contributed by atoms with E-state index in [1.165, 1.54) is 11.0 Å². The highest BCUT2D eigenvalue weighted by molar-refractivity contribution is 6.02. The van der Waals surface area contributed by atoms with Crippen LogP contribution < -0.4 is 5.73 Å². The molecule has 1 rings (SSSR count). The molecule has 1 aliphatic rings. The maximum atomic E-state index is 11.0. The Morgan fingerprint density at radius 1 is 1.79 bits per heavy atom. The molecule has 1 amide bonds. The van der Waals surface area contributed by atoms with Crippen molar-refractivity contribution in [3.8, 4) is 0 Å². The standard InChI is InChI=1S/C7H10N4O3/c1-10-4-5(9-3-7(10)12)2-6(8)11(13)14/h2H,3-4,8H2,1H3/b6-2+. The van der Waals surface area contributed by atoms with E-state index < -0.39 is 10.7 Å². The van der Waals surface area contributed by atoms with Crippen LogP contribution >= 0.6 is 0 Å². The lowest BCUT2D eigenvalue weighted by Gasteiger charge is -2.20. The van der Waals surface area contributed by atoms with E-state index >= 15 is 0 Å². The third-order valence-corrected chi connectivity index (χ3v) is 1.77. The second kappa shape index (κ2) is 3.86. The molecular weight excluding hydrogens is 188 g/mol. The van der Waals surface area contributed by atoms with Gasteiger partial charge in [-0.15, -0.1) is 0 Å². The van der Waals surface area contributed by atoms with E-state index in [4.69, 9.17) is 5.73 Å². The predicted octanol–water partition coefficient (Wildman–Crippen LogP) is -1.02. The summed E-state index contributed by atoms with van der Waals surface area (Å²) in [5.74, 6) is -0.576. The van der Waals surface area contributed by atoms with Crippen molar-refractivity contribution in [3.63, 3.8) is 0 Å². The number of carbonyl (C=O) groups excluding carboxylic acids is 1. The molecule has 2 N–H and O–H groups in total. The second-order valence-electron chi connectivity index (χ2n) is 2.88. The van der Waals surface area contributed by atoms with Crippen LogP contribution in [-0.2, 0) is 4.79 Å². The quantitative estimate of drug-likeness (QED) is 0.453. The lowest BCUT2D eigenvalue weighted by Crippen LogP contribution is -2.37. The van der Waals surface area contributed by atoms with Crippen molar-refractivity contribution in [3.05, 3.63) is 22.0 Å². The molecule has 7 nitrogen and oxygen atoms in total. The first-order chi connectivity index (χ1) is 6.50. The number of nitro groups is 1. The molecule has 0 unspecified atom stereocenters. The number of hydrogen-bond donors (Lipinski definition) is 1. The Bertz CT molecular complexity index is 334. The molecule has 0 atom stereocenters. The summed E-state index contributed by atoms with van der Waals surface area (Å²) in [6.45, 7) is 0.278. The number of rotatable bonds is 2. The van der Waals surface area contributed by atoms with Gasteiger partial charge in [-0.05, 0) is 4.92 Å². The highest BCUT2D eigenvalue weighted by atomic mass is 16.6. The molecule has 0 aromatic heterocycles. The van der Waals surface area contributed by atoms with Crippen molar-refractivity contribution in [2.45, 2.75) is 0 Å². The molecule has 0 bridgehead atoms. The van der Waals surface area contributed by atoms with Crippen molar-refractivity contribution < 1.29 is 9.72 Å². The van der Waals surface area contributed by atoms with Gasteiger partial charge >= 0.3 is 5.82 Å². The Morgan fingerprint density at radius 2 is 2.43 bits per heavy atom. The first kappa shape index (κ1) is 10.2. The highest BCUT2D eigenvalue weighted by Gasteiger charge is 2.16. The van der Waals surface area contributed by atoms with Crippen molar-refractivity contribution in [2.75, 3.05) is 20.1 Å². The first-order valence-electron chi connectivity index (χ1n) is 3.89. The van der Waals surface area contributed by atoms with E-state index in [0.717, 1.165) is 0 Å². The molecule has 1 heterocycles. The minimum atomic E-state index is -0.695. The van der Waals surface area contributed by atoms with Gasteiger partial charge in [0.2, 0.25) is 5.91 Å². The summed E-state index contributed by atoms with van der Waals surface area (Å²) >= 11 is 0. The Labute approximate surface area is 80.0 Å². The summed E-state index contributed by atoms with van der Waals surface area (Å²) in [7, 11) is 1.60. The molecule has 0 aromatic carbocycles. The summed E-state index contributed by atoms with van der Waals surface area (Å²) in [4.78, 5) is 25.8. The van der Waals surface area contributed by atoms with E-state index in [2.05, 4.69) is 4.99 Å². The summed E-state index contributed by atoms with van der Waals surface area (Å²) in [5, 5.41) is 10.2. The van der Waals surface area contributed by atoms with Crippen molar-refractivity contribution in [1.29, 1.82) is 0 Å². The van der Waals surface area contributed by atoms with Gasteiger partial charge in [-0.3, -0.25) is 15.5 Å². The molecule has 1 aliphatic heterocycles. The topological polar surface area (TPSA) is 102 Å². The van der Waals surface area contributed by atoms with Crippen molar-refractivity contribution in [1.82, 2.24) is 4.90 Å². The van der Waals surface area contributed by atoms with E-state index in [1.807, 2.05) is 0 Å². The van der Waals surface area contributed by atoms with Crippen molar-refractivity contribution in [2.24, 2.45) is 10.7 Å². The molecule has 0 aromatic rings. The normalized spacial score (nSPS) is 18.1. The lowest BCUT2D eigenvalue weighted by atomic mass is 10.2. The number of carbonyl (C=O) groups is 1. The molecule has 0 fully saturated rings. The number of nitrogens with zero attached hydrogens (tertiary/aromatic N) is 3. The maximum Gasteiger partial charge on any atom is 0.315 e. The number of amides is 1. The predicted molar refractivity (Wildman–Crippen MR) is 49.2 cm³/mol. The molecule has 0 spiro atoms. The molecule has 7 heteroatoms.